The smallest absolute Gasteiger partial charge is 0.360 e. The number of fused-ring (bicyclic) bond motifs is 1. The zero-order chi connectivity index (χ0) is 15.9. The van der Waals surface area contributed by atoms with Crippen LogP contribution in [0.2, 0.25) is 5.02 Å². The van der Waals surface area contributed by atoms with E-state index in [2.05, 4.69) is 5.10 Å². The minimum absolute atomic E-state index is 0.0534. The Balaban J connectivity index is 2.43. The highest BCUT2D eigenvalue weighted by atomic mass is 35.5. The second kappa shape index (κ2) is 5.23. The first kappa shape index (κ1) is 14.2. The Morgan fingerprint density at radius 2 is 1.86 bits per heavy atom. The van der Waals surface area contributed by atoms with Crippen molar-refractivity contribution in [1.82, 2.24) is 9.78 Å². The Hall–Kier alpha value is -2.73. The van der Waals surface area contributed by atoms with E-state index in [4.69, 9.17) is 16.7 Å². The topological polar surface area (TPSA) is 72.2 Å². The van der Waals surface area contributed by atoms with Gasteiger partial charge in [-0.05, 0) is 42.5 Å². The summed E-state index contributed by atoms with van der Waals surface area (Å²) in [7, 11) is 0. The normalized spacial score (nSPS) is 10.8. The number of carbonyl (C=O) groups is 1. The van der Waals surface area contributed by atoms with Gasteiger partial charge in [-0.3, -0.25) is 4.79 Å². The Bertz CT molecular complexity index is 951. The summed E-state index contributed by atoms with van der Waals surface area (Å²) in [6.07, 6.45) is 0. The van der Waals surface area contributed by atoms with Gasteiger partial charge in [-0.2, -0.15) is 5.10 Å². The van der Waals surface area contributed by atoms with Gasteiger partial charge in [0.25, 0.3) is 0 Å². The standard InChI is InChI=1S/C15H8ClFN2O3/c16-8-1-4-10(5-2-8)19-12-6-3-9(17)7-11(12)14(20)13(18-19)15(21)22/h1-7H,(H,21,22). The summed E-state index contributed by atoms with van der Waals surface area (Å²) >= 11 is 5.82. The molecular weight excluding hydrogens is 311 g/mol. The van der Waals surface area contributed by atoms with Crippen molar-refractivity contribution < 1.29 is 14.3 Å². The highest BCUT2D eigenvalue weighted by Gasteiger charge is 2.17. The van der Waals surface area contributed by atoms with Crippen LogP contribution >= 0.6 is 11.6 Å². The first-order chi connectivity index (χ1) is 10.5. The molecule has 1 heterocycles. The third-order valence-corrected chi connectivity index (χ3v) is 3.37. The summed E-state index contributed by atoms with van der Waals surface area (Å²) in [5, 5.41) is 13.4. The number of carboxylic acid groups (broad SMARTS) is 1. The molecule has 22 heavy (non-hydrogen) atoms. The van der Waals surface area contributed by atoms with Crippen molar-refractivity contribution in [2.45, 2.75) is 0 Å². The Kier molecular flexibility index (Phi) is 3.38. The summed E-state index contributed by atoms with van der Waals surface area (Å²) in [5.41, 5.74) is -0.692. The van der Waals surface area contributed by atoms with Crippen LogP contribution < -0.4 is 5.43 Å². The molecule has 0 saturated carbocycles. The summed E-state index contributed by atoms with van der Waals surface area (Å²) in [6, 6.07) is 10.00. The molecule has 0 bridgehead atoms. The number of carboxylic acids is 1. The number of aromatic carboxylic acids is 1. The fraction of sp³-hybridized carbons (Fsp3) is 0. The van der Waals surface area contributed by atoms with Gasteiger partial charge in [0.1, 0.15) is 5.82 Å². The molecule has 0 radical (unpaired) electrons. The molecule has 3 aromatic rings. The van der Waals surface area contributed by atoms with Crippen LogP contribution in [0, 0.1) is 5.82 Å². The molecule has 0 unspecified atom stereocenters. The van der Waals surface area contributed by atoms with Crippen LogP contribution in [0.1, 0.15) is 10.5 Å². The summed E-state index contributed by atoms with van der Waals surface area (Å²) in [6.45, 7) is 0. The molecule has 1 N–H and O–H groups in total. The van der Waals surface area contributed by atoms with Crippen molar-refractivity contribution in [3.8, 4) is 5.69 Å². The molecule has 110 valence electrons. The Morgan fingerprint density at radius 3 is 2.50 bits per heavy atom. The maximum absolute atomic E-state index is 13.4. The van der Waals surface area contributed by atoms with Gasteiger partial charge >= 0.3 is 5.97 Å². The quantitative estimate of drug-likeness (QED) is 0.788. The molecule has 0 fully saturated rings. The van der Waals surface area contributed by atoms with E-state index in [-0.39, 0.29) is 5.39 Å². The lowest BCUT2D eigenvalue weighted by atomic mass is 10.2. The lowest BCUT2D eigenvalue weighted by Crippen LogP contribution is -2.22. The third-order valence-electron chi connectivity index (χ3n) is 3.12. The molecule has 0 aliphatic heterocycles. The van der Waals surface area contributed by atoms with Crippen molar-refractivity contribution in [1.29, 1.82) is 0 Å². The van der Waals surface area contributed by atoms with Crippen LogP contribution in [0.25, 0.3) is 16.6 Å². The van der Waals surface area contributed by atoms with Crippen LogP contribution in [0.15, 0.2) is 47.3 Å². The minimum Gasteiger partial charge on any atom is -0.476 e. The summed E-state index contributed by atoms with van der Waals surface area (Å²) in [5.74, 6) is -2.10. The number of hydrogen-bond donors (Lipinski definition) is 1. The average Bonchev–Trinajstić information content (AvgIpc) is 2.49. The van der Waals surface area contributed by atoms with Crippen LogP contribution in [-0.4, -0.2) is 20.9 Å². The van der Waals surface area contributed by atoms with E-state index in [9.17, 15) is 14.0 Å². The number of benzene rings is 2. The van der Waals surface area contributed by atoms with Crippen LogP contribution in [0.5, 0.6) is 0 Å². The largest absolute Gasteiger partial charge is 0.476 e. The SMILES string of the molecule is O=C(O)c1nn(-c2ccc(Cl)cc2)c2ccc(F)cc2c1=O. The number of nitrogens with zero attached hydrogens (tertiary/aromatic N) is 2. The van der Waals surface area contributed by atoms with E-state index in [0.717, 1.165) is 6.07 Å². The summed E-state index contributed by atoms with van der Waals surface area (Å²) < 4.78 is 14.7. The molecule has 1 aromatic heterocycles. The van der Waals surface area contributed by atoms with E-state index in [1.165, 1.54) is 16.8 Å². The summed E-state index contributed by atoms with van der Waals surface area (Å²) in [4.78, 5) is 23.3. The fourth-order valence-electron chi connectivity index (χ4n) is 2.12. The van der Waals surface area contributed by atoms with Crippen LogP contribution in [0.4, 0.5) is 4.39 Å². The minimum atomic E-state index is -1.47. The van der Waals surface area contributed by atoms with Crippen LogP contribution in [-0.2, 0) is 0 Å². The molecule has 0 aliphatic rings. The number of rotatable bonds is 2. The first-order valence-electron chi connectivity index (χ1n) is 6.19. The number of hydrogen-bond acceptors (Lipinski definition) is 3. The second-order valence-corrected chi connectivity index (χ2v) is 4.97. The van der Waals surface area contributed by atoms with Crippen molar-refractivity contribution in [2.75, 3.05) is 0 Å². The zero-order valence-electron chi connectivity index (χ0n) is 11.0. The molecule has 5 nitrogen and oxygen atoms in total. The van der Waals surface area contributed by atoms with Gasteiger partial charge in [-0.25, -0.2) is 13.9 Å². The fourth-order valence-corrected chi connectivity index (χ4v) is 2.25. The highest BCUT2D eigenvalue weighted by molar-refractivity contribution is 6.30. The molecule has 0 saturated heterocycles. The van der Waals surface area contributed by atoms with E-state index < -0.39 is 22.9 Å². The van der Waals surface area contributed by atoms with Gasteiger partial charge in [0, 0.05) is 5.02 Å². The highest BCUT2D eigenvalue weighted by Crippen LogP contribution is 2.18. The van der Waals surface area contributed by atoms with Crippen molar-refractivity contribution in [3.63, 3.8) is 0 Å². The Morgan fingerprint density at radius 1 is 1.18 bits per heavy atom. The molecule has 0 atom stereocenters. The van der Waals surface area contributed by atoms with E-state index in [1.807, 2.05) is 0 Å². The van der Waals surface area contributed by atoms with Crippen molar-refractivity contribution >= 4 is 28.5 Å². The Labute approximate surface area is 128 Å². The first-order valence-corrected chi connectivity index (χ1v) is 6.57. The zero-order valence-corrected chi connectivity index (χ0v) is 11.7. The monoisotopic (exact) mass is 318 g/mol. The predicted molar refractivity (Wildman–Crippen MR) is 79.3 cm³/mol. The van der Waals surface area contributed by atoms with E-state index in [0.29, 0.717) is 16.2 Å². The van der Waals surface area contributed by atoms with Crippen molar-refractivity contribution in [3.05, 3.63) is 69.2 Å². The molecule has 0 amide bonds. The van der Waals surface area contributed by atoms with Gasteiger partial charge in [-0.1, -0.05) is 11.6 Å². The van der Waals surface area contributed by atoms with E-state index in [1.54, 1.807) is 24.3 Å². The lowest BCUT2D eigenvalue weighted by molar-refractivity contribution is 0.0687. The lowest BCUT2D eigenvalue weighted by Gasteiger charge is -2.11. The van der Waals surface area contributed by atoms with Crippen molar-refractivity contribution in [2.24, 2.45) is 0 Å². The van der Waals surface area contributed by atoms with Gasteiger partial charge < -0.3 is 5.11 Å². The maximum Gasteiger partial charge on any atom is 0.360 e. The molecule has 2 aromatic carbocycles. The predicted octanol–water partition coefficient (Wildman–Crippen LogP) is 2.88. The molecule has 3 rings (SSSR count). The number of aromatic nitrogens is 2. The van der Waals surface area contributed by atoms with Gasteiger partial charge in [0.05, 0.1) is 16.6 Å². The average molecular weight is 319 g/mol. The van der Waals surface area contributed by atoms with Crippen LogP contribution in [0.3, 0.4) is 0 Å². The van der Waals surface area contributed by atoms with Gasteiger partial charge in [0.2, 0.25) is 11.1 Å². The molecule has 7 heteroatoms. The molecular formula is C15H8ClFN2O3. The van der Waals surface area contributed by atoms with Gasteiger partial charge in [-0.15, -0.1) is 0 Å². The van der Waals surface area contributed by atoms with E-state index >= 15 is 0 Å². The molecule has 0 spiro atoms. The maximum atomic E-state index is 13.4. The molecule has 0 aliphatic carbocycles. The third kappa shape index (κ3) is 2.33. The second-order valence-electron chi connectivity index (χ2n) is 4.53. The number of halogens is 2. The van der Waals surface area contributed by atoms with Gasteiger partial charge in [0.15, 0.2) is 0 Å².